The number of hydrogen-bond donors (Lipinski definition) is 7. The van der Waals surface area contributed by atoms with Crippen LogP contribution in [-0.2, 0) is 21.6 Å². The van der Waals surface area contributed by atoms with E-state index in [0.29, 0.717) is 12.3 Å². The Morgan fingerprint density at radius 1 is 1.37 bits per heavy atom. The lowest BCUT2D eigenvalue weighted by molar-refractivity contribution is -0.118. The van der Waals surface area contributed by atoms with Crippen molar-refractivity contribution in [2.24, 2.45) is 5.73 Å². The number of aromatic amines is 1. The number of aromatic nitrogens is 1. The van der Waals surface area contributed by atoms with Gasteiger partial charge in [0.05, 0.1) is 6.54 Å². The van der Waals surface area contributed by atoms with Crippen molar-refractivity contribution in [1.82, 2.24) is 15.2 Å². The van der Waals surface area contributed by atoms with E-state index >= 15 is 0 Å². The van der Waals surface area contributed by atoms with Crippen molar-refractivity contribution in [3.05, 3.63) is 30.0 Å². The molecule has 1 saturated heterocycles. The molecular weight excluding hydrogens is 378 g/mol. The summed E-state index contributed by atoms with van der Waals surface area (Å²) in [6, 6.07) is 5.45. The van der Waals surface area contributed by atoms with Crippen LogP contribution in [0.1, 0.15) is 12.5 Å². The van der Waals surface area contributed by atoms with Crippen molar-refractivity contribution in [3.63, 3.8) is 0 Å². The second kappa shape index (κ2) is 9.32. The number of likely N-dealkylation sites (N-methyl/N-ethyl adjacent to an activating group) is 1. The third-order valence-corrected chi connectivity index (χ3v) is 3.31. The molecular formula is C15H23N5O6S. The minimum atomic E-state index is -4.67. The Labute approximate surface area is 156 Å². The molecule has 27 heavy (non-hydrogen) atoms. The molecule has 2 heterocycles. The minimum absolute atomic E-state index is 0.0995. The quantitative estimate of drug-likeness (QED) is 0.344. The van der Waals surface area contributed by atoms with Gasteiger partial charge < -0.3 is 20.7 Å². The molecule has 0 aliphatic carbocycles. The number of carbonyl (C=O) groups excluding carboxylic acids is 1. The van der Waals surface area contributed by atoms with Crippen LogP contribution in [0.3, 0.4) is 0 Å². The summed E-state index contributed by atoms with van der Waals surface area (Å²) in [5.74, 6) is 0.385. The molecule has 3 rings (SSSR count). The van der Waals surface area contributed by atoms with Crippen molar-refractivity contribution in [1.29, 1.82) is 5.41 Å². The standard InChI is InChI=1S/C11H14N2O.C4H7N3O.H2O4S/c1-7(12)4-8-6-13-11-3-2-9(14)5-10(8)11;1-7-2-3(8)6-4(7)5;1-5(2,3)4/h2-3,5-7,13-14H,4,12H2,1H3;2H2,1H3,(H2,5,6,8);(H2,1,2,3,4). The second-order valence-corrected chi connectivity index (χ2v) is 6.82. The largest absolute Gasteiger partial charge is 0.508 e. The zero-order valence-electron chi connectivity index (χ0n) is 14.8. The first-order valence-electron chi connectivity index (χ1n) is 7.70. The SMILES string of the molecule is CC(N)Cc1c[nH]c2ccc(O)cc12.CN1CC(=O)NC1=N.O=S(=O)(O)O. The van der Waals surface area contributed by atoms with Gasteiger partial charge in [-0.1, -0.05) is 0 Å². The van der Waals surface area contributed by atoms with E-state index in [-0.39, 0.29) is 17.9 Å². The Kier molecular flexibility index (Phi) is 7.72. The van der Waals surface area contributed by atoms with Gasteiger partial charge in [-0.05, 0) is 37.1 Å². The second-order valence-electron chi connectivity index (χ2n) is 5.93. The number of guanidine groups is 1. The maximum atomic E-state index is 10.4. The maximum absolute atomic E-state index is 10.4. The van der Waals surface area contributed by atoms with E-state index in [4.69, 9.17) is 28.7 Å². The first-order valence-corrected chi connectivity index (χ1v) is 9.10. The van der Waals surface area contributed by atoms with E-state index in [9.17, 15) is 9.90 Å². The normalized spacial score (nSPS) is 14.8. The Balaban J connectivity index is 0.000000237. The van der Waals surface area contributed by atoms with Gasteiger partial charge in [0.15, 0.2) is 5.96 Å². The van der Waals surface area contributed by atoms with Gasteiger partial charge in [-0.15, -0.1) is 0 Å². The summed E-state index contributed by atoms with van der Waals surface area (Å²) in [4.78, 5) is 15.1. The summed E-state index contributed by atoms with van der Waals surface area (Å²) in [7, 11) is -2.97. The molecule has 1 amide bonds. The molecule has 11 nitrogen and oxygen atoms in total. The van der Waals surface area contributed by atoms with Gasteiger partial charge in [-0.3, -0.25) is 24.6 Å². The molecule has 1 aromatic heterocycles. The summed E-state index contributed by atoms with van der Waals surface area (Å²) in [6.45, 7) is 2.29. The van der Waals surface area contributed by atoms with Crippen LogP contribution in [0.15, 0.2) is 24.4 Å². The number of benzene rings is 1. The average molecular weight is 401 g/mol. The van der Waals surface area contributed by atoms with Crippen LogP contribution in [0.25, 0.3) is 10.9 Å². The van der Waals surface area contributed by atoms with E-state index in [2.05, 4.69) is 10.3 Å². The average Bonchev–Trinajstić information content (AvgIpc) is 3.00. The minimum Gasteiger partial charge on any atom is -0.508 e. The molecule has 12 heteroatoms. The molecule has 0 radical (unpaired) electrons. The van der Waals surface area contributed by atoms with Crippen LogP contribution in [0.2, 0.25) is 0 Å². The molecule has 0 bridgehead atoms. The maximum Gasteiger partial charge on any atom is 0.394 e. The summed E-state index contributed by atoms with van der Waals surface area (Å²) in [5, 5.41) is 19.7. The van der Waals surface area contributed by atoms with Crippen molar-refractivity contribution in [2.45, 2.75) is 19.4 Å². The van der Waals surface area contributed by atoms with Crippen LogP contribution in [-0.4, -0.2) is 64.0 Å². The lowest BCUT2D eigenvalue weighted by Crippen LogP contribution is -2.25. The number of rotatable bonds is 2. The number of hydrogen-bond acceptors (Lipinski definition) is 6. The number of aromatic hydroxyl groups is 1. The van der Waals surface area contributed by atoms with E-state index in [1.54, 1.807) is 24.1 Å². The fraction of sp³-hybridized carbons (Fsp3) is 0.333. The summed E-state index contributed by atoms with van der Waals surface area (Å²) in [6.07, 6.45) is 2.77. The van der Waals surface area contributed by atoms with Crippen molar-refractivity contribution in [3.8, 4) is 5.75 Å². The number of nitrogens with zero attached hydrogens (tertiary/aromatic N) is 1. The summed E-state index contributed by atoms with van der Waals surface area (Å²) in [5.41, 5.74) is 7.93. The van der Waals surface area contributed by atoms with E-state index in [0.717, 1.165) is 22.9 Å². The van der Waals surface area contributed by atoms with E-state index < -0.39 is 10.4 Å². The first kappa shape index (κ1) is 22.4. The third kappa shape index (κ3) is 8.50. The molecule has 150 valence electrons. The highest BCUT2D eigenvalue weighted by Crippen LogP contribution is 2.23. The number of carbonyl (C=O) groups is 1. The fourth-order valence-electron chi connectivity index (χ4n) is 2.24. The van der Waals surface area contributed by atoms with Crippen molar-refractivity contribution < 1.29 is 27.4 Å². The molecule has 1 aliphatic heterocycles. The Hall–Kier alpha value is -2.67. The molecule has 1 atom stereocenters. The monoisotopic (exact) mass is 401 g/mol. The van der Waals surface area contributed by atoms with E-state index in [1.165, 1.54) is 0 Å². The highest BCUT2D eigenvalue weighted by atomic mass is 32.3. The molecule has 1 aliphatic rings. The van der Waals surface area contributed by atoms with Crippen LogP contribution in [0.5, 0.6) is 5.75 Å². The number of fused-ring (bicyclic) bond motifs is 1. The van der Waals surface area contributed by atoms with Crippen molar-refractivity contribution in [2.75, 3.05) is 13.6 Å². The molecule has 1 aromatic carbocycles. The van der Waals surface area contributed by atoms with Crippen LogP contribution >= 0.6 is 0 Å². The van der Waals surface area contributed by atoms with Crippen LogP contribution < -0.4 is 11.1 Å². The molecule has 8 N–H and O–H groups in total. The Bertz CT molecular complexity index is 901. The number of amides is 1. The van der Waals surface area contributed by atoms with Crippen LogP contribution in [0, 0.1) is 5.41 Å². The topological polar surface area (TPSA) is 193 Å². The zero-order valence-corrected chi connectivity index (χ0v) is 15.6. The molecule has 0 saturated carbocycles. The van der Waals surface area contributed by atoms with Crippen LogP contribution in [0.4, 0.5) is 0 Å². The molecule has 1 unspecified atom stereocenters. The van der Waals surface area contributed by atoms with Gasteiger partial charge in [0.2, 0.25) is 5.91 Å². The zero-order chi connectivity index (χ0) is 20.8. The third-order valence-electron chi connectivity index (χ3n) is 3.31. The Morgan fingerprint density at radius 2 is 1.96 bits per heavy atom. The van der Waals surface area contributed by atoms with E-state index in [1.807, 2.05) is 19.2 Å². The molecule has 2 aromatic rings. The van der Waals surface area contributed by atoms with Gasteiger partial charge in [-0.2, -0.15) is 8.42 Å². The smallest absolute Gasteiger partial charge is 0.394 e. The van der Waals surface area contributed by atoms with Gasteiger partial charge >= 0.3 is 10.4 Å². The number of nitrogens with two attached hydrogens (primary N) is 1. The summed E-state index contributed by atoms with van der Waals surface area (Å²) >= 11 is 0. The predicted molar refractivity (Wildman–Crippen MR) is 100.0 cm³/mol. The number of phenols is 1. The highest BCUT2D eigenvalue weighted by Gasteiger charge is 2.18. The number of phenolic OH excluding ortho intramolecular Hbond substituents is 1. The van der Waals surface area contributed by atoms with Crippen molar-refractivity contribution >= 4 is 33.2 Å². The predicted octanol–water partition coefficient (Wildman–Crippen LogP) is 0.0932. The highest BCUT2D eigenvalue weighted by molar-refractivity contribution is 7.79. The van der Waals surface area contributed by atoms with Gasteiger partial charge in [0, 0.05) is 30.2 Å². The lowest BCUT2D eigenvalue weighted by Gasteiger charge is -2.03. The number of nitrogens with one attached hydrogen (secondary N) is 3. The fourth-order valence-corrected chi connectivity index (χ4v) is 2.24. The number of H-pyrrole nitrogens is 1. The summed E-state index contributed by atoms with van der Waals surface area (Å²) < 4.78 is 31.6. The lowest BCUT2D eigenvalue weighted by atomic mass is 10.1. The van der Waals surface area contributed by atoms with Gasteiger partial charge in [0.1, 0.15) is 5.75 Å². The molecule has 0 spiro atoms. The Morgan fingerprint density at radius 3 is 2.37 bits per heavy atom. The van der Waals surface area contributed by atoms with Gasteiger partial charge in [-0.25, -0.2) is 0 Å². The molecule has 1 fully saturated rings. The first-order chi connectivity index (χ1) is 12.4. The van der Waals surface area contributed by atoms with Gasteiger partial charge in [0.25, 0.3) is 0 Å².